The second kappa shape index (κ2) is 14.0. The summed E-state index contributed by atoms with van der Waals surface area (Å²) in [5, 5.41) is 15.0. The van der Waals surface area contributed by atoms with Crippen molar-refractivity contribution in [2.75, 3.05) is 37.8 Å². The lowest BCUT2D eigenvalue weighted by Gasteiger charge is -2.49. The first-order valence-electron chi connectivity index (χ1n) is 17.4. The van der Waals surface area contributed by atoms with Crippen LogP contribution in [0.5, 0.6) is 0 Å². The van der Waals surface area contributed by atoms with E-state index in [4.69, 9.17) is 0 Å². The number of sulfonamides is 1. The van der Waals surface area contributed by atoms with Crippen molar-refractivity contribution in [2.45, 2.75) is 89.2 Å². The highest BCUT2D eigenvalue weighted by molar-refractivity contribution is 7.88. The minimum absolute atomic E-state index is 0.0156. The molecule has 0 aliphatic carbocycles. The van der Waals surface area contributed by atoms with Crippen molar-refractivity contribution >= 4 is 64.0 Å². The van der Waals surface area contributed by atoms with Crippen LogP contribution in [0, 0.1) is 18.3 Å². The summed E-state index contributed by atoms with van der Waals surface area (Å²) in [6, 6.07) is 10.1. The molecule has 3 atom stereocenters. The molecule has 17 heteroatoms. The third-order valence-electron chi connectivity index (χ3n) is 11.0. The molecule has 1 aromatic carbocycles. The van der Waals surface area contributed by atoms with Gasteiger partial charge in [-0.25, -0.2) is 18.4 Å². The Hall–Kier alpha value is -3.16. The molecule has 6 rings (SSSR count). The number of anilines is 1. The topological polar surface area (TPSA) is 110 Å². The fourth-order valence-electron chi connectivity index (χ4n) is 8.27. The Balaban J connectivity index is 1.14. The number of thiophene rings is 1. The number of hydrogen-bond acceptors (Lipinski definition) is 9. The van der Waals surface area contributed by atoms with Crippen molar-refractivity contribution < 1.29 is 21.6 Å². The Labute approximate surface area is 303 Å². The van der Waals surface area contributed by atoms with Gasteiger partial charge in [0.15, 0.2) is 0 Å². The first-order valence-corrected chi connectivity index (χ1v) is 20.1. The molecular formula is C34H45B2F3N8O2S2. The molecule has 10 nitrogen and oxygen atoms in total. The summed E-state index contributed by atoms with van der Waals surface area (Å²) in [4.78, 5) is 14.1. The van der Waals surface area contributed by atoms with Gasteiger partial charge in [0, 0.05) is 72.7 Å². The summed E-state index contributed by atoms with van der Waals surface area (Å²) in [6.45, 7) is 11.9. The number of likely N-dealkylation sites (tertiary alicyclic amines) is 1. The van der Waals surface area contributed by atoms with Gasteiger partial charge in [0.1, 0.15) is 44.4 Å². The quantitative estimate of drug-likeness (QED) is 0.260. The van der Waals surface area contributed by atoms with E-state index in [1.807, 2.05) is 19.9 Å². The van der Waals surface area contributed by atoms with Crippen LogP contribution in [0.1, 0.15) is 55.3 Å². The number of aromatic nitrogens is 3. The van der Waals surface area contributed by atoms with Crippen molar-refractivity contribution in [1.29, 1.82) is 5.26 Å². The first-order chi connectivity index (χ1) is 23.9. The van der Waals surface area contributed by atoms with Gasteiger partial charge in [0.2, 0.25) is 10.0 Å². The molecule has 3 aromatic heterocycles. The number of piperazine rings is 1. The number of piperidine rings is 1. The molecular weight excluding hydrogens is 695 g/mol. The summed E-state index contributed by atoms with van der Waals surface area (Å²) in [5.41, 5.74) is 3.95. The van der Waals surface area contributed by atoms with E-state index in [-0.39, 0.29) is 29.0 Å². The lowest BCUT2D eigenvalue weighted by Crippen LogP contribution is -2.64. The van der Waals surface area contributed by atoms with Gasteiger partial charge < -0.3 is 9.88 Å². The Morgan fingerprint density at radius 1 is 1.10 bits per heavy atom. The van der Waals surface area contributed by atoms with Gasteiger partial charge in [-0.2, -0.15) is 22.7 Å². The van der Waals surface area contributed by atoms with Gasteiger partial charge >= 0.3 is 6.18 Å². The summed E-state index contributed by atoms with van der Waals surface area (Å²) in [6.07, 6.45) is -0.832. The molecule has 1 unspecified atom stereocenters. The molecule has 0 radical (unpaired) electrons. The second-order valence-corrected chi connectivity index (χ2v) is 18.0. The minimum Gasteiger partial charge on any atom is -0.367 e. The maximum atomic E-state index is 13.0. The summed E-state index contributed by atoms with van der Waals surface area (Å²) < 4.78 is 67.7. The number of nitriles is 1. The third kappa shape index (κ3) is 7.67. The van der Waals surface area contributed by atoms with Crippen LogP contribution in [0.3, 0.4) is 0 Å². The van der Waals surface area contributed by atoms with Crippen LogP contribution in [-0.2, 0) is 28.3 Å². The summed E-state index contributed by atoms with van der Waals surface area (Å²) >= 11 is 1.06. The lowest BCUT2D eigenvalue weighted by molar-refractivity contribution is -0.126. The fourth-order valence-corrected chi connectivity index (χ4v) is 10.7. The average molecular weight is 741 g/mol. The van der Waals surface area contributed by atoms with E-state index in [1.165, 1.54) is 18.1 Å². The van der Waals surface area contributed by atoms with Crippen LogP contribution < -0.4 is 5.32 Å². The van der Waals surface area contributed by atoms with Gasteiger partial charge in [-0.05, 0) is 75.2 Å². The smallest absolute Gasteiger partial charge is 0.367 e. The van der Waals surface area contributed by atoms with Crippen molar-refractivity contribution in [1.82, 2.24) is 28.6 Å². The van der Waals surface area contributed by atoms with Crippen LogP contribution in [0.4, 0.5) is 19.0 Å². The van der Waals surface area contributed by atoms with Gasteiger partial charge in [0.05, 0.1) is 18.1 Å². The zero-order chi connectivity index (χ0) is 37.0. The van der Waals surface area contributed by atoms with Gasteiger partial charge in [0.25, 0.3) is 0 Å². The Kier molecular flexibility index (Phi) is 10.3. The Morgan fingerprint density at radius 3 is 2.37 bits per heavy atom. The average Bonchev–Trinajstić information content (AvgIpc) is 3.63. The highest BCUT2D eigenvalue weighted by Gasteiger charge is 2.42. The molecule has 0 spiro atoms. The highest BCUT2D eigenvalue weighted by atomic mass is 32.2. The van der Waals surface area contributed by atoms with Crippen LogP contribution in [0.25, 0.3) is 21.1 Å². The van der Waals surface area contributed by atoms with Crippen LogP contribution in [-0.4, -0.2) is 116 Å². The van der Waals surface area contributed by atoms with E-state index in [9.17, 15) is 26.9 Å². The predicted molar refractivity (Wildman–Crippen MR) is 202 cm³/mol. The molecule has 51 heavy (non-hydrogen) atoms. The Bertz CT molecular complexity index is 2060. The zero-order valence-electron chi connectivity index (χ0n) is 30.3. The molecule has 5 heterocycles. The summed E-state index contributed by atoms with van der Waals surface area (Å²) in [7, 11) is 0.994. The van der Waals surface area contributed by atoms with E-state index in [0.29, 0.717) is 34.8 Å². The molecule has 0 bridgehead atoms. The molecule has 0 amide bonds. The van der Waals surface area contributed by atoms with Gasteiger partial charge in [-0.3, -0.25) is 9.80 Å². The van der Waals surface area contributed by atoms with Crippen LogP contribution in [0.15, 0.2) is 30.6 Å². The zero-order valence-corrected chi connectivity index (χ0v) is 31.9. The summed E-state index contributed by atoms with van der Waals surface area (Å²) in [5.74, 6) is 0.583. The molecule has 2 saturated heterocycles. The van der Waals surface area contributed by atoms with Crippen molar-refractivity contribution in [2.24, 2.45) is 0 Å². The number of fused-ring (bicyclic) bond motifs is 2. The predicted octanol–water partition coefficient (Wildman–Crippen LogP) is 3.63. The highest BCUT2D eigenvalue weighted by Crippen LogP contribution is 2.35. The fraction of sp³-hybridized carbons (Fsp3) is 0.559. The second-order valence-electron chi connectivity index (χ2n) is 15.0. The SMILES string of the molecule is BC(B)(C(C)N1C[C@@H](C)N(S(C)(=O)=O)[C@H](C)C1)n1c(C#N)cc2c(C)c(CN3CCC(Nc4ncnc5sc(CC(F)(F)F)cc45)CC3)ccc21. The number of nitrogens with one attached hydrogen (secondary N) is 1. The van der Waals surface area contributed by atoms with E-state index < -0.39 is 28.0 Å². The molecule has 272 valence electrons. The van der Waals surface area contributed by atoms with Crippen molar-refractivity contribution in [3.05, 3.63) is 52.3 Å². The third-order valence-corrected chi connectivity index (χ3v) is 13.5. The van der Waals surface area contributed by atoms with Gasteiger partial charge in [-0.1, -0.05) is 6.07 Å². The maximum Gasteiger partial charge on any atom is 0.393 e. The van der Waals surface area contributed by atoms with E-state index in [0.717, 1.165) is 60.3 Å². The molecule has 2 aliphatic heterocycles. The number of alkyl halides is 3. The Morgan fingerprint density at radius 2 is 1.76 bits per heavy atom. The van der Waals surface area contributed by atoms with Crippen LogP contribution in [0.2, 0.25) is 0 Å². The monoisotopic (exact) mass is 740 g/mol. The van der Waals surface area contributed by atoms with Crippen molar-refractivity contribution in [3.63, 3.8) is 0 Å². The lowest BCUT2D eigenvalue weighted by atomic mass is 9.57. The molecule has 2 fully saturated rings. The van der Waals surface area contributed by atoms with Gasteiger partial charge in [-0.15, -0.1) is 11.3 Å². The largest absolute Gasteiger partial charge is 0.393 e. The number of halogens is 3. The van der Waals surface area contributed by atoms with Crippen LogP contribution >= 0.6 is 11.3 Å². The number of hydrogen-bond donors (Lipinski definition) is 1. The molecule has 1 N–H and O–H groups in total. The normalized spacial score (nSPS) is 21.3. The number of benzene rings is 1. The number of rotatable bonds is 9. The first kappa shape index (κ1) is 37.6. The van der Waals surface area contributed by atoms with Crippen molar-refractivity contribution in [3.8, 4) is 6.07 Å². The molecule has 0 saturated carbocycles. The van der Waals surface area contributed by atoms with E-state index >= 15 is 0 Å². The number of nitrogens with zero attached hydrogens (tertiary/aromatic N) is 7. The standard InChI is InChI=1S/C34H45B2F3N8O2S2/c1-20-16-45(17-21(2)47(20)51(5,48)49)23(4)34(35,36)46-26(15-40)12-28-22(3)24(6-7-30(28)46)18-44-10-8-25(9-11-44)43-31-29-13-27(14-33(37,38)39)50-32(29)42-19-41-31/h6-7,12-13,19-21,23,25H,8-11,14,16-18,35-36H2,1-5H3,(H,41,42,43)/t20-,21-,23?/m1/s1. The van der Waals surface area contributed by atoms with E-state index in [1.54, 1.807) is 10.4 Å². The minimum atomic E-state index is -4.27. The number of aryl methyl sites for hydroxylation is 1. The van der Waals surface area contributed by atoms with E-state index in [2.05, 4.69) is 77.4 Å². The molecule has 4 aromatic rings. The maximum absolute atomic E-state index is 13.0. The molecule has 2 aliphatic rings.